The summed E-state index contributed by atoms with van der Waals surface area (Å²) in [7, 11) is 0. The van der Waals surface area contributed by atoms with Crippen LogP contribution in [-0.2, 0) is 0 Å². The Bertz CT molecular complexity index is 493. The summed E-state index contributed by atoms with van der Waals surface area (Å²) < 4.78 is 5.14. The van der Waals surface area contributed by atoms with Gasteiger partial charge in [-0.3, -0.25) is 4.79 Å². The third-order valence-electron chi connectivity index (χ3n) is 3.83. The van der Waals surface area contributed by atoms with E-state index < -0.39 is 5.54 Å². The Balaban J connectivity index is 2.15. The predicted octanol–water partition coefficient (Wildman–Crippen LogP) is 3.43. The van der Waals surface area contributed by atoms with Crippen molar-refractivity contribution in [3.63, 3.8) is 0 Å². The average molecular weight is 315 g/mol. The monoisotopic (exact) mass is 314 g/mol. The van der Waals surface area contributed by atoms with E-state index in [4.69, 9.17) is 34.0 Å². The van der Waals surface area contributed by atoms with E-state index in [0.717, 1.165) is 38.5 Å². The topological polar surface area (TPSA) is 68.3 Å². The van der Waals surface area contributed by atoms with Crippen LogP contribution in [0.2, 0.25) is 5.22 Å². The Labute approximate surface area is 129 Å². The summed E-state index contributed by atoms with van der Waals surface area (Å²) in [4.78, 5) is 12.6. The molecule has 1 fully saturated rings. The summed E-state index contributed by atoms with van der Waals surface area (Å²) in [5, 5.41) is 3.16. The first-order valence-corrected chi connectivity index (χ1v) is 7.70. The lowest BCUT2D eigenvalue weighted by molar-refractivity contribution is 0.0884. The maximum absolute atomic E-state index is 12.3. The summed E-state index contributed by atoms with van der Waals surface area (Å²) in [6.45, 7) is 0. The molecule has 1 amide bonds. The van der Waals surface area contributed by atoms with Crippen LogP contribution in [-0.4, -0.2) is 16.4 Å². The number of thiocarbonyl (C=S) groups is 1. The van der Waals surface area contributed by atoms with Gasteiger partial charge in [0.1, 0.15) is 0 Å². The first-order valence-electron chi connectivity index (χ1n) is 6.91. The molecule has 2 rings (SSSR count). The number of amides is 1. The number of hydrogen-bond acceptors (Lipinski definition) is 3. The lowest BCUT2D eigenvalue weighted by atomic mass is 9.83. The van der Waals surface area contributed by atoms with Crippen molar-refractivity contribution in [3.8, 4) is 0 Å². The molecule has 1 aliphatic rings. The zero-order chi connectivity index (χ0) is 14.6. The minimum Gasteiger partial charge on any atom is -0.440 e. The number of rotatable bonds is 3. The maximum atomic E-state index is 12.3. The maximum Gasteiger partial charge on any atom is 0.287 e. The van der Waals surface area contributed by atoms with Crippen molar-refractivity contribution < 1.29 is 9.21 Å². The van der Waals surface area contributed by atoms with Crippen molar-refractivity contribution in [2.75, 3.05) is 0 Å². The average Bonchev–Trinajstić information content (AvgIpc) is 2.79. The fourth-order valence-corrected chi connectivity index (χ4v) is 3.06. The Morgan fingerprint density at radius 2 is 1.85 bits per heavy atom. The van der Waals surface area contributed by atoms with Gasteiger partial charge in [0.15, 0.2) is 11.0 Å². The first kappa shape index (κ1) is 15.3. The van der Waals surface area contributed by atoms with Crippen LogP contribution in [0, 0.1) is 0 Å². The van der Waals surface area contributed by atoms with Crippen molar-refractivity contribution in [2.24, 2.45) is 5.73 Å². The van der Waals surface area contributed by atoms with E-state index in [9.17, 15) is 4.79 Å². The van der Waals surface area contributed by atoms with E-state index in [2.05, 4.69) is 5.32 Å². The fraction of sp³-hybridized carbons (Fsp3) is 0.571. The van der Waals surface area contributed by atoms with Gasteiger partial charge >= 0.3 is 0 Å². The van der Waals surface area contributed by atoms with Gasteiger partial charge in [0.2, 0.25) is 0 Å². The van der Waals surface area contributed by atoms with Gasteiger partial charge in [-0.1, -0.05) is 44.3 Å². The summed E-state index contributed by atoms with van der Waals surface area (Å²) >= 11 is 10.9. The highest BCUT2D eigenvalue weighted by atomic mass is 35.5. The van der Waals surface area contributed by atoms with Crippen molar-refractivity contribution in [2.45, 2.75) is 50.5 Å². The van der Waals surface area contributed by atoms with Gasteiger partial charge in [0.25, 0.3) is 5.91 Å². The Hall–Kier alpha value is -1.07. The van der Waals surface area contributed by atoms with Crippen LogP contribution in [0.25, 0.3) is 0 Å². The van der Waals surface area contributed by atoms with Crippen molar-refractivity contribution in [3.05, 3.63) is 23.1 Å². The summed E-state index contributed by atoms with van der Waals surface area (Å²) in [6, 6.07) is 3.09. The lowest BCUT2D eigenvalue weighted by Gasteiger charge is -2.35. The van der Waals surface area contributed by atoms with E-state index in [0.29, 0.717) is 4.99 Å². The summed E-state index contributed by atoms with van der Waals surface area (Å²) in [5.74, 6) is -0.127. The molecule has 1 aliphatic carbocycles. The second-order valence-corrected chi connectivity index (χ2v) is 6.08. The van der Waals surface area contributed by atoms with Crippen molar-refractivity contribution >= 4 is 34.7 Å². The number of nitrogens with one attached hydrogen (secondary N) is 1. The molecule has 0 atom stereocenters. The molecule has 6 heteroatoms. The van der Waals surface area contributed by atoms with Crippen LogP contribution in [0.1, 0.15) is 55.5 Å². The number of halogens is 1. The predicted molar refractivity (Wildman–Crippen MR) is 83.0 cm³/mol. The van der Waals surface area contributed by atoms with E-state index >= 15 is 0 Å². The van der Waals surface area contributed by atoms with Gasteiger partial charge < -0.3 is 15.5 Å². The molecule has 0 bridgehead atoms. The molecule has 4 nitrogen and oxygen atoms in total. The molecular formula is C14H19ClN2O2S. The number of hydrogen-bond donors (Lipinski definition) is 2. The van der Waals surface area contributed by atoms with Gasteiger partial charge in [-0.2, -0.15) is 0 Å². The van der Waals surface area contributed by atoms with E-state index in [1.165, 1.54) is 6.42 Å². The molecule has 0 spiro atoms. The minimum absolute atomic E-state index is 0.188. The lowest BCUT2D eigenvalue weighted by Crippen LogP contribution is -2.56. The molecule has 3 N–H and O–H groups in total. The minimum atomic E-state index is -0.605. The third kappa shape index (κ3) is 3.52. The molecule has 1 aromatic heterocycles. The van der Waals surface area contributed by atoms with Crippen LogP contribution >= 0.6 is 23.8 Å². The van der Waals surface area contributed by atoms with Gasteiger partial charge in [-0.15, -0.1) is 0 Å². The molecule has 1 saturated carbocycles. The second kappa shape index (κ2) is 6.59. The van der Waals surface area contributed by atoms with E-state index in [1.807, 2.05) is 0 Å². The molecule has 0 aliphatic heterocycles. The van der Waals surface area contributed by atoms with Crippen LogP contribution in [0.3, 0.4) is 0 Å². The highest BCUT2D eigenvalue weighted by Crippen LogP contribution is 2.27. The molecule has 0 unspecified atom stereocenters. The van der Waals surface area contributed by atoms with Gasteiger partial charge in [0.05, 0.1) is 10.5 Å². The molecular weight excluding hydrogens is 296 g/mol. The highest BCUT2D eigenvalue weighted by Gasteiger charge is 2.35. The zero-order valence-corrected chi connectivity index (χ0v) is 12.9. The standard InChI is InChI=1S/C14H19ClN2O2S/c15-11-7-6-10(19-11)12(18)17-14(13(16)20)8-4-2-1-3-5-9-14/h6-7H,1-5,8-9H2,(H2,16,20)(H,17,18). The number of nitrogens with two attached hydrogens (primary N) is 1. The number of furan rings is 1. The fourth-order valence-electron chi connectivity index (χ4n) is 2.66. The first-order chi connectivity index (χ1) is 9.53. The zero-order valence-electron chi connectivity index (χ0n) is 11.3. The van der Waals surface area contributed by atoms with Crippen LogP contribution < -0.4 is 11.1 Å². The molecule has 110 valence electrons. The van der Waals surface area contributed by atoms with Crippen LogP contribution in [0.15, 0.2) is 16.5 Å². The van der Waals surface area contributed by atoms with Gasteiger partial charge in [-0.25, -0.2) is 0 Å². The normalized spacial score (nSPS) is 18.9. The molecule has 20 heavy (non-hydrogen) atoms. The van der Waals surface area contributed by atoms with E-state index in [1.54, 1.807) is 12.1 Å². The molecule has 1 heterocycles. The molecule has 0 saturated heterocycles. The quantitative estimate of drug-likeness (QED) is 0.839. The van der Waals surface area contributed by atoms with Gasteiger partial charge in [0, 0.05) is 0 Å². The van der Waals surface area contributed by atoms with Crippen molar-refractivity contribution in [1.82, 2.24) is 5.32 Å². The van der Waals surface area contributed by atoms with Crippen LogP contribution in [0.5, 0.6) is 0 Å². The molecule has 0 radical (unpaired) electrons. The summed E-state index contributed by atoms with van der Waals surface area (Å²) in [6.07, 6.45) is 7.10. The summed E-state index contributed by atoms with van der Waals surface area (Å²) in [5.41, 5.74) is 5.31. The van der Waals surface area contributed by atoms with Crippen molar-refractivity contribution in [1.29, 1.82) is 0 Å². The van der Waals surface area contributed by atoms with Crippen LogP contribution in [0.4, 0.5) is 0 Å². The molecule has 0 aromatic carbocycles. The third-order valence-corrected chi connectivity index (χ3v) is 4.42. The Kier molecular flexibility index (Phi) is 5.05. The van der Waals surface area contributed by atoms with Gasteiger partial charge in [-0.05, 0) is 36.6 Å². The second-order valence-electron chi connectivity index (χ2n) is 5.27. The largest absolute Gasteiger partial charge is 0.440 e. The highest BCUT2D eigenvalue weighted by molar-refractivity contribution is 7.80. The Morgan fingerprint density at radius 1 is 1.25 bits per heavy atom. The Morgan fingerprint density at radius 3 is 2.35 bits per heavy atom. The molecule has 1 aromatic rings. The smallest absolute Gasteiger partial charge is 0.287 e. The van der Waals surface area contributed by atoms with E-state index in [-0.39, 0.29) is 16.9 Å². The number of carbonyl (C=O) groups is 1. The SMILES string of the molecule is NC(=S)C1(NC(=O)c2ccc(Cl)o2)CCCCCCC1. The number of carbonyl (C=O) groups excluding carboxylic acids is 1.